The molecule has 0 bridgehead atoms. The normalized spacial score (nSPS) is 15.2. The first kappa shape index (κ1) is 20.6. The van der Waals surface area contributed by atoms with Crippen molar-refractivity contribution >= 4 is 38.9 Å². The van der Waals surface area contributed by atoms with Gasteiger partial charge in [0.25, 0.3) is 5.91 Å². The number of aromatic nitrogens is 1. The summed E-state index contributed by atoms with van der Waals surface area (Å²) < 4.78 is 27.5. The highest BCUT2D eigenvalue weighted by atomic mass is 35.5. The van der Waals surface area contributed by atoms with Gasteiger partial charge in [-0.25, -0.2) is 13.4 Å². The summed E-state index contributed by atoms with van der Waals surface area (Å²) in [7, 11) is 0.0547. The van der Waals surface area contributed by atoms with Crippen LogP contribution in [-0.2, 0) is 10.0 Å². The molecule has 1 saturated heterocycles. The van der Waals surface area contributed by atoms with Crippen LogP contribution in [-0.4, -0.2) is 50.8 Å². The van der Waals surface area contributed by atoms with Crippen molar-refractivity contribution in [3.05, 3.63) is 47.2 Å². The van der Waals surface area contributed by atoms with Gasteiger partial charge in [-0.15, -0.1) is 0 Å². The maximum atomic E-state index is 13.0. The minimum absolute atomic E-state index is 0.171. The first-order valence-electron chi connectivity index (χ1n) is 9.03. The Labute approximate surface area is 170 Å². The minimum atomic E-state index is -3.60. The first-order valence-corrected chi connectivity index (χ1v) is 10.9. The molecule has 0 atom stereocenters. The number of rotatable bonds is 5. The number of piperidine rings is 1. The Balaban J connectivity index is 1.93. The molecule has 1 amide bonds. The predicted octanol–water partition coefficient (Wildman–Crippen LogP) is 3.23. The Bertz CT molecular complexity index is 956. The van der Waals surface area contributed by atoms with E-state index in [1.807, 2.05) is 19.0 Å². The maximum absolute atomic E-state index is 13.0. The van der Waals surface area contributed by atoms with Crippen LogP contribution in [0.15, 0.2) is 41.4 Å². The third kappa shape index (κ3) is 4.45. The highest BCUT2D eigenvalue weighted by molar-refractivity contribution is 7.89. The predicted molar refractivity (Wildman–Crippen MR) is 111 cm³/mol. The van der Waals surface area contributed by atoms with Gasteiger partial charge >= 0.3 is 0 Å². The molecule has 1 fully saturated rings. The van der Waals surface area contributed by atoms with Crippen molar-refractivity contribution in [2.45, 2.75) is 24.2 Å². The number of nitrogens with zero attached hydrogens (tertiary/aromatic N) is 3. The van der Waals surface area contributed by atoms with Gasteiger partial charge in [-0.1, -0.05) is 18.0 Å². The van der Waals surface area contributed by atoms with Crippen molar-refractivity contribution in [1.29, 1.82) is 0 Å². The second kappa shape index (κ2) is 8.46. The van der Waals surface area contributed by atoms with Crippen molar-refractivity contribution in [3.63, 3.8) is 0 Å². The van der Waals surface area contributed by atoms with Crippen LogP contribution >= 0.6 is 11.6 Å². The summed E-state index contributed by atoms with van der Waals surface area (Å²) in [6, 6.07) is 7.89. The largest absolute Gasteiger partial charge is 0.376 e. The zero-order valence-corrected chi connectivity index (χ0v) is 17.4. The number of nitrogens with one attached hydrogen (secondary N) is 1. The molecule has 2 heterocycles. The lowest BCUT2D eigenvalue weighted by Gasteiger charge is -2.26. The molecule has 0 unspecified atom stereocenters. The van der Waals surface area contributed by atoms with Crippen LogP contribution < -0.4 is 10.2 Å². The molecular weight excluding hydrogens is 400 g/mol. The molecule has 1 aliphatic heterocycles. The van der Waals surface area contributed by atoms with E-state index in [0.29, 0.717) is 35.2 Å². The maximum Gasteiger partial charge on any atom is 0.257 e. The van der Waals surface area contributed by atoms with Crippen LogP contribution in [0.2, 0.25) is 5.15 Å². The van der Waals surface area contributed by atoms with Crippen LogP contribution in [0.4, 0.5) is 11.4 Å². The van der Waals surface area contributed by atoms with Gasteiger partial charge in [-0.2, -0.15) is 4.31 Å². The molecule has 1 aliphatic rings. The fourth-order valence-corrected chi connectivity index (χ4v) is 4.78. The second-order valence-corrected chi connectivity index (χ2v) is 9.19. The zero-order valence-electron chi connectivity index (χ0n) is 15.9. The van der Waals surface area contributed by atoms with Gasteiger partial charge in [0.1, 0.15) is 5.15 Å². The highest BCUT2D eigenvalue weighted by Gasteiger charge is 2.27. The van der Waals surface area contributed by atoms with Crippen molar-refractivity contribution in [2.75, 3.05) is 37.4 Å². The van der Waals surface area contributed by atoms with Crippen LogP contribution in [0.3, 0.4) is 0 Å². The molecule has 150 valence electrons. The summed E-state index contributed by atoms with van der Waals surface area (Å²) >= 11 is 5.77. The molecule has 1 aromatic heterocycles. The van der Waals surface area contributed by atoms with Gasteiger partial charge in [0.15, 0.2) is 0 Å². The number of carbonyl (C=O) groups is 1. The number of benzene rings is 1. The van der Waals surface area contributed by atoms with E-state index in [-0.39, 0.29) is 10.8 Å². The molecule has 9 heteroatoms. The molecule has 2 aromatic rings. The summed E-state index contributed by atoms with van der Waals surface area (Å²) in [6.45, 7) is 1.05. The van der Waals surface area contributed by atoms with Gasteiger partial charge in [0, 0.05) is 33.4 Å². The Kier molecular flexibility index (Phi) is 6.22. The number of hydrogen-bond acceptors (Lipinski definition) is 5. The summed E-state index contributed by atoms with van der Waals surface area (Å²) in [5.74, 6) is -0.389. The third-order valence-electron chi connectivity index (χ3n) is 4.64. The highest BCUT2D eigenvalue weighted by Crippen LogP contribution is 2.30. The monoisotopic (exact) mass is 422 g/mol. The van der Waals surface area contributed by atoms with E-state index in [2.05, 4.69) is 10.3 Å². The summed E-state index contributed by atoms with van der Waals surface area (Å²) in [5, 5.41) is 3.09. The SMILES string of the molecule is CN(C)c1ccc(S(=O)(=O)N2CCCCC2)cc1NC(=O)c1ccc(Cl)nc1. The van der Waals surface area contributed by atoms with Crippen molar-refractivity contribution in [3.8, 4) is 0 Å². The van der Waals surface area contributed by atoms with Crippen LogP contribution in [0.25, 0.3) is 0 Å². The van der Waals surface area contributed by atoms with E-state index in [1.165, 1.54) is 22.6 Å². The molecule has 0 saturated carbocycles. The van der Waals surface area contributed by atoms with Gasteiger partial charge in [-0.3, -0.25) is 4.79 Å². The van der Waals surface area contributed by atoms with Gasteiger partial charge in [-0.05, 0) is 43.2 Å². The average molecular weight is 423 g/mol. The fraction of sp³-hybridized carbons (Fsp3) is 0.368. The minimum Gasteiger partial charge on any atom is -0.376 e. The third-order valence-corrected chi connectivity index (χ3v) is 6.76. The van der Waals surface area contributed by atoms with E-state index >= 15 is 0 Å². The summed E-state index contributed by atoms with van der Waals surface area (Å²) in [6.07, 6.45) is 4.15. The van der Waals surface area contributed by atoms with Gasteiger partial charge in [0.2, 0.25) is 10.0 Å². The molecular formula is C19H23ClN4O3S. The smallest absolute Gasteiger partial charge is 0.257 e. The van der Waals surface area contributed by atoms with Crippen molar-refractivity contribution in [1.82, 2.24) is 9.29 Å². The standard InChI is InChI=1S/C19H23ClN4O3S/c1-23(2)17-8-7-15(28(26,27)24-10-4-3-5-11-24)12-16(17)22-19(25)14-6-9-18(20)21-13-14/h6-9,12-13H,3-5,10-11H2,1-2H3,(H,22,25). The number of halogens is 1. The molecule has 28 heavy (non-hydrogen) atoms. The Morgan fingerprint density at radius 1 is 1.14 bits per heavy atom. The Morgan fingerprint density at radius 2 is 1.86 bits per heavy atom. The Hall–Kier alpha value is -2.16. The van der Waals surface area contributed by atoms with Gasteiger partial charge < -0.3 is 10.2 Å². The lowest BCUT2D eigenvalue weighted by atomic mass is 10.2. The van der Waals surface area contributed by atoms with Crippen LogP contribution in [0, 0.1) is 0 Å². The molecule has 3 rings (SSSR count). The van der Waals surface area contributed by atoms with E-state index < -0.39 is 10.0 Å². The number of pyridine rings is 1. The molecule has 0 aliphatic carbocycles. The van der Waals surface area contributed by atoms with E-state index in [1.54, 1.807) is 18.2 Å². The van der Waals surface area contributed by atoms with Crippen molar-refractivity contribution < 1.29 is 13.2 Å². The lowest BCUT2D eigenvalue weighted by molar-refractivity contribution is 0.102. The number of hydrogen-bond donors (Lipinski definition) is 1. The summed E-state index contributed by atoms with van der Waals surface area (Å²) in [5.41, 5.74) is 1.45. The van der Waals surface area contributed by atoms with Crippen LogP contribution in [0.1, 0.15) is 29.6 Å². The number of carbonyl (C=O) groups excluding carboxylic acids is 1. The number of anilines is 2. The molecule has 0 radical (unpaired) electrons. The lowest BCUT2D eigenvalue weighted by Crippen LogP contribution is -2.35. The van der Waals surface area contributed by atoms with E-state index in [9.17, 15) is 13.2 Å². The molecule has 1 aromatic carbocycles. The molecule has 1 N–H and O–H groups in total. The quantitative estimate of drug-likeness (QED) is 0.748. The zero-order chi connectivity index (χ0) is 20.3. The fourth-order valence-electron chi connectivity index (χ4n) is 3.12. The second-order valence-electron chi connectivity index (χ2n) is 6.86. The van der Waals surface area contributed by atoms with Crippen molar-refractivity contribution in [2.24, 2.45) is 0 Å². The summed E-state index contributed by atoms with van der Waals surface area (Å²) in [4.78, 5) is 18.5. The molecule has 7 nitrogen and oxygen atoms in total. The Morgan fingerprint density at radius 3 is 2.46 bits per heavy atom. The van der Waals surface area contributed by atoms with Crippen LogP contribution in [0.5, 0.6) is 0 Å². The van der Waals surface area contributed by atoms with Gasteiger partial charge in [0.05, 0.1) is 21.8 Å². The number of sulfonamides is 1. The van der Waals surface area contributed by atoms with E-state index in [4.69, 9.17) is 11.6 Å². The number of amides is 1. The molecule has 0 spiro atoms. The topological polar surface area (TPSA) is 82.6 Å². The average Bonchev–Trinajstić information content (AvgIpc) is 2.69. The van der Waals surface area contributed by atoms with E-state index in [0.717, 1.165) is 19.3 Å². The first-order chi connectivity index (χ1) is 13.3.